The molecule has 1 aliphatic carbocycles. The summed E-state index contributed by atoms with van der Waals surface area (Å²) < 4.78 is 0. The van der Waals surface area contributed by atoms with Crippen LogP contribution >= 0.6 is 0 Å². The quantitative estimate of drug-likeness (QED) is 0.870. The van der Waals surface area contributed by atoms with Crippen molar-refractivity contribution in [3.8, 4) is 0 Å². The molecule has 0 aromatic heterocycles. The van der Waals surface area contributed by atoms with E-state index < -0.39 is 0 Å². The van der Waals surface area contributed by atoms with Gasteiger partial charge < -0.3 is 15.5 Å². The van der Waals surface area contributed by atoms with E-state index in [1.807, 2.05) is 0 Å². The molecule has 4 heteroatoms. The van der Waals surface area contributed by atoms with Crippen molar-refractivity contribution >= 4 is 5.91 Å². The summed E-state index contributed by atoms with van der Waals surface area (Å²) in [5.74, 6) is 0.134. The molecule has 4 nitrogen and oxygen atoms in total. The van der Waals surface area contributed by atoms with E-state index in [2.05, 4.69) is 46.8 Å². The average Bonchev–Trinajstić information content (AvgIpc) is 3.08. The first-order chi connectivity index (χ1) is 10.7. The zero-order valence-electron chi connectivity index (χ0n) is 13.5. The van der Waals surface area contributed by atoms with E-state index >= 15 is 0 Å². The summed E-state index contributed by atoms with van der Waals surface area (Å²) in [5, 5.41) is 6.44. The zero-order chi connectivity index (χ0) is 15.4. The number of carbonyl (C=O) groups excluding carboxylic acids is 1. The van der Waals surface area contributed by atoms with Crippen molar-refractivity contribution in [2.75, 3.05) is 20.1 Å². The second-order valence-corrected chi connectivity index (χ2v) is 6.62. The predicted molar refractivity (Wildman–Crippen MR) is 88.7 cm³/mol. The molecule has 1 saturated carbocycles. The largest absolute Gasteiger partial charge is 0.353 e. The third-order valence-electron chi connectivity index (χ3n) is 5.11. The van der Waals surface area contributed by atoms with Crippen LogP contribution in [0, 0.1) is 0 Å². The van der Waals surface area contributed by atoms with Crippen LogP contribution in [0.1, 0.15) is 36.8 Å². The third kappa shape index (κ3) is 3.68. The first-order valence-electron chi connectivity index (χ1n) is 8.52. The van der Waals surface area contributed by atoms with Gasteiger partial charge in [-0.3, -0.25) is 4.79 Å². The first-order valence-corrected chi connectivity index (χ1v) is 8.52. The lowest BCUT2D eigenvalue weighted by atomic mass is 9.95. The Kier molecular flexibility index (Phi) is 5.11. The van der Waals surface area contributed by atoms with Crippen LogP contribution in [0.15, 0.2) is 24.3 Å². The molecule has 0 bridgehead atoms. The van der Waals surface area contributed by atoms with Crippen molar-refractivity contribution < 1.29 is 4.79 Å². The molecule has 1 heterocycles. The van der Waals surface area contributed by atoms with Crippen LogP contribution in [-0.2, 0) is 17.8 Å². The van der Waals surface area contributed by atoms with Gasteiger partial charge in [-0.15, -0.1) is 0 Å². The fourth-order valence-corrected chi connectivity index (χ4v) is 3.65. The summed E-state index contributed by atoms with van der Waals surface area (Å²) in [5.41, 5.74) is 2.61. The molecule has 1 aliphatic heterocycles. The van der Waals surface area contributed by atoms with Gasteiger partial charge in [0.1, 0.15) is 0 Å². The Morgan fingerprint density at radius 3 is 2.77 bits per heavy atom. The average molecular weight is 301 g/mol. The van der Waals surface area contributed by atoms with E-state index in [0.29, 0.717) is 0 Å². The molecule has 1 amide bonds. The van der Waals surface area contributed by atoms with Crippen LogP contribution in [0.4, 0.5) is 0 Å². The van der Waals surface area contributed by atoms with Gasteiger partial charge in [-0.05, 0) is 37.4 Å². The van der Waals surface area contributed by atoms with Gasteiger partial charge in [0.05, 0.1) is 6.04 Å². The molecule has 0 spiro atoms. The molecular formula is C18H27N3O. The van der Waals surface area contributed by atoms with Crippen molar-refractivity contribution in [1.82, 2.24) is 15.5 Å². The van der Waals surface area contributed by atoms with E-state index in [1.54, 1.807) is 0 Å². The van der Waals surface area contributed by atoms with Crippen molar-refractivity contribution in [2.45, 2.75) is 50.7 Å². The minimum atomic E-state index is -0.0910. The van der Waals surface area contributed by atoms with Crippen molar-refractivity contribution in [3.05, 3.63) is 35.4 Å². The Balaban J connectivity index is 1.43. The predicted octanol–water partition coefficient (Wildman–Crippen LogP) is 1.69. The molecule has 22 heavy (non-hydrogen) atoms. The van der Waals surface area contributed by atoms with Crippen molar-refractivity contribution in [3.63, 3.8) is 0 Å². The number of benzene rings is 1. The van der Waals surface area contributed by atoms with Crippen molar-refractivity contribution in [1.29, 1.82) is 0 Å². The van der Waals surface area contributed by atoms with Gasteiger partial charge in [0, 0.05) is 25.7 Å². The molecule has 0 saturated heterocycles. The SMILES string of the molecule is CN(CCNC(=O)C1Cc2ccccc2CN1)C1CCCC1. The lowest BCUT2D eigenvalue weighted by Gasteiger charge is -2.27. The number of hydrogen-bond donors (Lipinski definition) is 2. The van der Waals surface area contributed by atoms with Gasteiger partial charge >= 0.3 is 0 Å². The molecular weight excluding hydrogens is 274 g/mol. The van der Waals surface area contributed by atoms with Crippen LogP contribution < -0.4 is 10.6 Å². The lowest BCUT2D eigenvalue weighted by molar-refractivity contribution is -0.123. The van der Waals surface area contributed by atoms with Crippen LogP contribution in [-0.4, -0.2) is 43.0 Å². The van der Waals surface area contributed by atoms with E-state index in [0.717, 1.165) is 32.1 Å². The number of fused-ring (bicyclic) bond motifs is 1. The Bertz CT molecular complexity index is 511. The number of likely N-dealkylation sites (N-methyl/N-ethyl adjacent to an activating group) is 1. The fraction of sp³-hybridized carbons (Fsp3) is 0.611. The van der Waals surface area contributed by atoms with Gasteiger partial charge in [-0.25, -0.2) is 0 Å². The number of hydrogen-bond acceptors (Lipinski definition) is 3. The Morgan fingerprint density at radius 2 is 2.00 bits per heavy atom. The zero-order valence-corrected chi connectivity index (χ0v) is 13.5. The monoisotopic (exact) mass is 301 g/mol. The molecule has 1 aromatic rings. The summed E-state index contributed by atoms with van der Waals surface area (Å²) in [6.45, 7) is 2.47. The molecule has 1 atom stereocenters. The maximum Gasteiger partial charge on any atom is 0.237 e. The maximum atomic E-state index is 12.3. The van der Waals surface area contributed by atoms with Gasteiger partial charge in [-0.2, -0.15) is 0 Å². The second-order valence-electron chi connectivity index (χ2n) is 6.62. The van der Waals surface area contributed by atoms with Gasteiger partial charge in [0.25, 0.3) is 0 Å². The molecule has 1 fully saturated rings. The summed E-state index contributed by atoms with van der Waals surface area (Å²) in [6, 6.07) is 9.00. The highest BCUT2D eigenvalue weighted by molar-refractivity contribution is 5.82. The summed E-state index contributed by atoms with van der Waals surface area (Å²) in [4.78, 5) is 14.7. The minimum Gasteiger partial charge on any atom is -0.353 e. The summed E-state index contributed by atoms with van der Waals surface area (Å²) in [6.07, 6.45) is 6.12. The number of carbonyl (C=O) groups is 1. The van der Waals surface area contributed by atoms with E-state index in [4.69, 9.17) is 0 Å². The molecule has 2 aliphatic rings. The number of nitrogens with one attached hydrogen (secondary N) is 2. The molecule has 0 radical (unpaired) electrons. The smallest absolute Gasteiger partial charge is 0.237 e. The van der Waals surface area contributed by atoms with Crippen LogP contribution in [0.3, 0.4) is 0 Å². The Morgan fingerprint density at radius 1 is 1.27 bits per heavy atom. The summed E-state index contributed by atoms with van der Waals surface area (Å²) >= 11 is 0. The standard InChI is InChI=1S/C18H27N3O/c1-21(16-8-4-5-9-16)11-10-19-18(22)17-12-14-6-2-3-7-15(14)13-20-17/h2-3,6-7,16-17,20H,4-5,8-13H2,1H3,(H,19,22). The highest BCUT2D eigenvalue weighted by Gasteiger charge is 2.24. The van der Waals surface area contributed by atoms with Crippen molar-refractivity contribution in [2.24, 2.45) is 0 Å². The topological polar surface area (TPSA) is 44.4 Å². The van der Waals surface area contributed by atoms with Gasteiger partial charge in [0.15, 0.2) is 0 Å². The molecule has 1 aromatic carbocycles. The molecule has 120 valence electrons. The maximum absolute atomic E-state index is 12.3. The lowest BCUT2D eigenvalue weighted by Crippen LogP contribution is -2.49. The Hall–Kier alpha value is -1.39. The highest BCUT2D eigenvalue weighted by Crippen LogP contribution is 2.21. The first kappa shape index (κ1) is 15.5. The Labute approximate surface area is 133 Å². The fourth-order valence-electron chi connectivity index (χ4n) is 3.65. The summed E-state index contributed by atoms with van der Waals surface area (Å²) in [7, 11) is 2.18. The van der Waals surface area contributed by atoms with Gasteiger partial charge in [0.2, 0.25) is 5.91 Å². The normalized spacial score (nSPS) is 21.8. The number of nitrogens with zero attached hydrogens (tertiary/aromatic N) is 1. The number of rotatable bonds is 5. The third-order valence-corrected chi connectivity index (χ3v) is 5.11. The highest BCUT2D eigenvalue weighted by atomic mass is 16.2. The van der Waals surface area contributed by atoms with Crippen LogP contribution in [0.2, 0.25) is 0 Å². The minimum absolute atomic E-state index is 0.0910. The number of amides is 1. The van der Waals surface area contributed by atoms with Gasteiger partial charge in [-0.1, -0.05) is 37.1 Å². The second kappa shape index (κ2) is 7.25. The molecule has 2 N–H and O–H groups in total. The van der Waals surface area contributed by atoms with Crippen LogP contribution in [0.5, 0.6) is 0 Å². The van der Waals surface area contributed by atoms with Crippen LogP contribution in [0.25, 0.3) is 0 Å². The van der Waals surface area contributed by atoms with E-state index in [-0.39, 0.29) is 11.9 Å². The molecule has 3 rings (SSSR count). The van der Waals surface area contributed by atoms with E-state index in [1.165, 1.54) is 36.8 Å². The molecule has 1 unspecified atom stereocenters. The van der Waals surface area contributed by atoms with E-state index in [9.17, 15) is 4.79 Å².